The molecule has 0 bridgehead atoms. The summed E-state index contributed by atoms with van der Waals surface area (Å²) in [6.07, 6.45) is -2.16. The third kappa shape index (κ3) is 7.10. The van der Waals surface area contributed by atoms with E-state index in [1.54, 1.807) is 16.8 Å². The summed E-state index contributed by atoms with van der Waals surface area (Å²) in [6, 6.07) is 0.150. The number of carbonyl (C=O) groups is 1. The number of nitrogens with one attached hydrogen (secondary N) is 1. The van der Waals surface area contributed by atoms with Crippen molar-refractivity contribution in [3.8, 4) is 11.3 Å². The number of benzene rings is 1. The number of carbonyl (C=O) groups excluding carboxylic acids is 1. The van der Waals surface area contributed by atoms with Gasteiger partial charge in [0.2, 0.25) is 0 Å². The fourth-order valence-electron chi connectivity index (χ4n) is 5.66. The van der Waals surface area contributed by atoms with Crippen LogP contribution in [0.5, 0.6) is 0 Å². The largest absolute Gasteiger partial charge is 0.394 e. The van der Waals surface area contributed by atoms with Crippen molar-refractivity contribution in [2.75, 3.05) is 33.3 Å². The lowest BCUT2D eigenvalue weighted by Crippen LogP contribution is -2.61. The van der Waals surface area contributed by atoms with Crippen LogP contribution in [0.3, 0.4) is 0 Å². The number of piperidine rings is 1. The molecule has 0 unspecified atom stereocenters. The van der Waals surface area contributed by atoms with Crippen molar-refractivity contribution in [3.05, 3.63) is 35.8 Å². The Balaban J connectivity index is 1.38. The maximum Gasteiger partial charge on any atom is 0.317 e. The molecule has 5 rings (SSSR count). The Hall–Kier alpha value is -2.51. The zero-order chi connectivity index (χ0) is 32.6. The minimum absolute atomic E-state index is 0.0758. The van der Waals surface area contributed by atoms with Crippen LogP contribution in [-0.4, -0.2) is 137 Å². The van der Waals surface area contributed by atoms with Crippen LogP contribution in [0, 0.1) is 17.5 Å². The van der Waals surface area contributed by atoms with Gasteiger partial charge in [0, 0.05) is 24.7 Å². The van der Waals surface area contributed by atoms with Gasteiger partial charge in [-0.1, -0.05) is 12.1 Å². The number of aliphatic hydroxyl groups is 5. The molecule has 2 aliphatic heterocycles. The molecule has 1 aromatic carbocycles. The van der Waals surface area contributed by atoms with E-state index in [2.05, 4.69) is 15.6 Å². The minimum atomic E-state index is -1.65. The first kappa shape index (κ1) is 33.8. The second-order valence-corrected chi connectivity index (χ2v) is 13.1. The zero-order valence-corrected chi connectivity index (χ0v) is 25.7. The van der Waals surface area contributed by atoms with Gasteiger partial charge in [-0.05, 0) is 51.4 Å². The number of ether oxygens (including phenoxy) is 1. The molecule has 45 heavy (non-hydrogen) atoms. The lowest BCUT2D eigenvalue weighted by molar-refractivity contribution is -0.179. The van der Waals surface area contributed by atoms with Crippen molar-refractivity contribution in [1.82, 2.24) is 30.1 Å². The van der Waals surface area contributed by atoms with Gasteiger partial charge in [0.1, 0.15) is 41.7 Å². The Labute approximate surface area is 262 Å². The highest BCUT2D eigenvalue weighted by molar-refractivity contribution is 8.00. The van der Waals surface area contributed by atoms with E-state index in [0.29, 0.717) is 6.54 Å². The topological polar surface area (TPSA) is 177 Å². The van der Waals surface area contributed by atoms with Crippen LogP contribution in [0.15, 0.2) is 18.3 Å². The van der Waals surface area contributed by atoms with Crippen molar-refractivity contribution in [2.45, 2.75) is 85.5 Å². The van der Waals surface area contributed by atoms with Crippen LogP contribution in [0.4, 0.5) is 18.0 Å². The van der Waals surface area contributed by atoms with Gasteiger partial charge in [-0.25, -0.2) is 22.6 Å². The summed E-state index contributed by atoms with van der Waals surface area (Å²) in [4.78, 5) is 15.8. The molecule has 2 aromatic rings. The van der Waals surface area contributed by atoms with E-state index in [0.717, 1.165) is 41.4 Å². The van der Waals surface area contributed by atoms with Gasteiger partial charge >= 0.3 is 6.03 Å². The Bertz CT molecular complexity index is 1320. The number of thioether (sulfide) groups is 1. The third-order valence-electron chi connectivity index (χ3n) is 8.80. The summed E-state index contributed by atoms with van der Waals surface area (Å²) in [5.41, 5.74) is -2.92. The number of aromatic nitrogens is 3. The molecule has 7 atom stereocenters. The molecular formula is C28H39F3N6O7S. The molecule has 0 radical (unpaired) electrons. The highest BCUT2D eigenvalue weighted by atomic mass is 32.2. The summed E-state index contributed by atoms with van der Waals surface area (Å²) in [5, 5.41) is 65.6. The molecule has 17 heteroatoms. The minimum Gasteiger partial charge on any atom is -0.394 e. The molecule has 0 spiro atoms. The van der Waals surface area contributed by atoms with Crippen LogP contribution in [0.25, 0.3) is 11.3 Å². The number of aliphatic hydroxyl groups excluding tert-OH is 4. The highest BCUT2D eigenvalue weighted by Crippen LogP contribution is 2.43. The van der Waals surface area contributed by atoms with E-state index in [1.807, 2.05) is 6.92 Å². The van der Waals surface area contributed by atoms with Gasteiger partial charge in [0.05, 0.1) is 23.7 Å². The molecular weight excluding hydrogens is 621 g/mol. The van der Waals surface area contributed by atoms with E-state index >= 15 is 0 Å². The lowest BCUT2D eigenvalue weighted by atomic mass is 9.86. The van der Waals surface area contributed by atoms with Gasteiger partial charge in [0.25, 0.3) is 0 Å². The highest BCUT2D eigenvalue weighted by Gasteiger charge is 2.52. The SMILES string of the molecule is CCN(C)[C@@H](O)[C@@H](S[C@@H]1O[C@H](CO)[C@H](O)[C@H](n2cc(-c3cc(F)c(F)c(F)c3)nn2)[C@H]1O)C1(O)CCN(C(=O)NC2CC2)CC1. The normalized spacial score (nSPS) is 28.2. The fraction of sp³-hybridized carbons (Fsp3) is 0.679. The van der Waals surface area contributed by atoms with Crippen LogP contribution in [0.1, 0.15) is 38.6 Å². The van der Waals surface area contributed by atoms with E-state index < -0.39 is 70.9 Å². The zero-order valence-electron chi connectivity index (χ0n) is 24.8. The molecule has 3 heterocycles. The third-order valence-corrected chi connectivity index (χ3v) is 10.4. The number of halogens is 3. The standard InChI is InChI=1S/C28H39F3N6O7S/c1-3-35(2)25(41)24(28(43)6-8-36(9-7-28)27(42)32-15-4-5-15)45-26-23(40)21(22(39)19(13-38)44-26)37-12-18(33-34-37)14-10-16(29)20(31)17(30)11-14/h10-12,15,19,21-26,38-41,43H,3-9,13H2,1-2H3,(H,32,42)/t19-,21+,22+,23-,24-,25+,26+/m1/s1. The van der Waals surface area contributed by atoms with Gasteiger partial charge in [-0.3, -0.25) is 4.90 Å². The van der Waals surface area contributed by atoms with E-state index in [1.165, 1.54) is 6.20 Å². The van der Waals surface area contributed by atoms with Gasteiger partial charge in [0.15, 0.2) is 17.5 Å². The molecule has 2 amide bonds. The van der Waals surface area contributed by atoms with Crippen molar-refractivity contribution in [2.24, 2.45) is 0 Å². The fourth-order valence-corrected chi connectivity index (χ4v) is 7.32. The molecule has 6 N–H and O–H groups in total. The first-order chi connectivity index (χ1) is 21.4. The number of urea groups is 1. The first-order valence-corrected chi connectivity index (χ1v) is 15.8. The smallest absolute Gasteiger partial charge is 0.317 e. The van der Waals surface area contributed by atoms with Crippen molar-refractivity contribution < 1.29 is 48.2 Å². The van der Waals surface area contributed by atoms with Gasteiger partial charge < -0.3 is 40.5 Å². The summed E-state index contributed by atoms with van der Waals surface area (Å²) in [5.74, 6) is -4.51. The second-order valence-electron chi connectivity index (χ2n) is 11.9. The molecule has 13 nitrogen and oxygen atoms in total. The van der Waals surface area contributed by atoms with Crippen molar-refractivity contribution >= 4 is 17.8 Å². The van der Waals surface area contributed by atoms with Crippen LogP contribution in [0.2, 0.25) is 0 Å². The quantitative estimate of drug-likeness (QED) is 0.154. The van der Waals surface area contributed by atoms with Gasteiger partial charge in [-0.15, -0.1) is 16.9 Å². The Morgan fingerprint density at radius 2 is 1.84 bits per heavy atom. The molecule has 1 aliphatic carbocycles. The number of likely N-dealkylation sites (tertiary alicyclic amines) is 1. The van der Waals surface area contributed by atoms with Gasteiger partial charge in [-0.2, -0.15) is 0 Å². The molecule has 3 aliphatic rings. The molecule has 3 fully saturated rings. The van der Waals surface area contributed by atoms with E-state index in [-0.39, 0.29) is 49.3 Å². The number of rotatable bonds is 10. The Morgan fingerprint density at radius 1 is 1.20 bits per heavy atom. The summed E-state index contributed by atoms with van der Waals surface area (Å²) in [6.45, 7) is 2.05. The van der Waals surface area contributed by atoms with Crippen LogP contribution < -0.4 is 5.32 Å². The van der Waals surface area contributed by atoms with E-state index in [4.69, 9.17) is 4.74 Å². The summed E-state index contributed by atoms with van der Waals surface area (Å²) >= 11 is 0.932. The van der Waals surface area contributed by atoms with Crippen molar-refractivity contribution in [3.63, 3.8) is 0 Å². The predicted octanol–water partition coefficient (Wildman–Crippen LogP) is 0.413. The average Bonchev–Trinajstić information content (AvgIpc) is 3.70. The number of amides is 2. The second kappa shape index (κ2) is 13.7. The first-order valence-electron chi connectivity index (χ1n) is 14.9. The maximum absolute atomic E-state index is 13.9. The summed E-state index contributed by atoms with van der Waals surface area (Å²) in [7, 11) is 1.67. The van der Waals surface area contributed by atoms with Crippen molar-refractivity contribution in [1.29, 1.82) is 0 Å². The molecule has 1 aromatic heterocycles. The van der Waals surface area contributed by atoms with Crippen LogP contribution >= 0.6 is 11.8 Å². The number of nitrogens with zero attached hydrogens (tertiary/aromatic N) is 5. The summed E-state index contributed by atoms with van der Waals surface area (Å²) < 4.78 is 48.2. The predicted molar refractivity (Wildman–Crippen MR) is 155 cm³/mol. The lowest BCUT2D eigenvalue weighted by Gasteiger charge is -2.48. The monoisotopic (exact) mass is 660 g/mol. The molecule has 2 saturated heterocycles. The molecule has 1 saturated carbocycles. The maximum atomic E-state index is 13.9. The Kier molecular flexibility index (Phi) is 10.3. The van der Waals surface area contributed by atoms with E-state index in [9.17, 15) is 43.5 Å². The average molecular weight is 661 g/mol. The molecule has 250 valence electrons. The number of hydrogen-bond acceptors (Lipinski definition) is 11. The van der Waals surface area contributed by atoms with Crippen LogP contribution in [-0.2, 0) is 4.74 Å². The number of hydrogen-bond donors (Lipinski definition) is 6. The Morgan fingerprint density at radius 3 is 2.42 bits per heavy atom.